The van der Waals surface area contributed by atoms with Gasteiger partial charge in [-0.15, -0.1) is 0 Å². The van der Waals surface area contributed by atoms with Gasteiger partial charge in [-0.3, -0.25) is 14.5 Å². The summed E-state index contributed by atoms with van der Waals surface area (Å²) in [6.45, 7) is 13.3. The first-order valence-electron chi connectivity index (χ1n) is 13.7. The fourth-order valence-electron chi connectivity index (χ4n) is 8.68. The van der Waals surface area contributed by atoms with Crippen molar-refractivity contribution >= 4 is 29.1 Å². The van der Waals surface area contributed by atoms with E-state index in [1.807, 2.05) is 19.0 Å². The fourth-order valence-corrected chi connectivity index (χ4v) is 9.20. The summed E-state index contributed by atoms with van der Waals surface area (Å²) in [5.41, 5.74) is 0.275. The van der Waals surface area contributed by atoms with E-state index in [-0.39, 0.29) is 34.7 Å². The Hall–Kier alpha value is -1.17. The van der Waals surface area contributed by atoms with Crippen LogP contribution >= 0.6 is 12.2 Å². The van der Waals surface area contributed by atoms with Gasteiger partial charge in [-0.05, 0) is 113 Å². The van der Waals surface area contributed by atoms with E-state index in [0.717, 1.165) is 32.1 Å². The SMILES string of the molecule is CC(C)N(C)C(=S)N(C(=O)[C@H]1CC[C@H]2[C@@H]3CC[C@H]4N(C)C(=O)CC[C@]4(C)[C@H]3CC[C@]12C)C(C)C. The Balaban J connectivity index is 1.58. The molecule has 192 valence electrons. The van der Waals surface area contributed by atoms with E-state index in [1.54, 1.807) is 0 Å². The van der Waals surface area contributed by atoms with Crippen LogP contribution < -0.4 is 0 Å². The number of fused-ring (bicyclic) bond motifs is 5. The molecule has 1 heterocycles. The number of piperidine rings is 1. The zero-order valence-corrected chi connectivity index (χ0v) is 23.6. The summed E-state index contributed by atoms with van der Waals surface area (Å²) in [7, 11) is 4.03. The third kappa shape index (κ3) is 3.81. The Kier molecular flexibility index (Phi) is 6.89. The second-order valence-corrected chi connectivity index (χ2v) is 13.3. The van der Waals surface area contributed by atoms with Crippen LogP contribution in [0.15, 0.2) is 0 Å². The largest absolute Gasteiger partial charge is 0.349 e. The summed E-state index contributed by atoms with van der Waals surface area (Å²) in [6.07, 6.45) is 8.49. The van der Waals surface area contributed by atoms with Gasteiger partial charge in [0.25, 0.3) is 0 Å². The van der Waals surface area contributed by atoms with Gasteiger partial charge in [-0.25, -0.2) is 0 Å². The van der Waals surface area contributed by atoms with E-state index in [4.69, 9.17) is 12.2 Å². The lowest BCUT2D eigenvalue weighted by Crippen LogP contribution is -2.61. The van der Waals surface area contributed by atoms with Crippen molar-refractivity contribution in [2.24, 2.45) is 34.5 Å². The molecule has 4 fully saturated rings. The maximum absolute atomic E-state index is 14.1. The third-order valence-electron chi connectivity index (χ3n) is 10.9. The van der Waals surface area contributed by atoms with Crippen LogP contribution in [0.3, 0.4) is 0 Å². The Morgan fingerprint density at radius 2 is 1.62 bits per heavy atom. The molecule has 34 heavy (non-hydrogen) atoms. The number of amides is 2. The molecule has 0 N–H and O–H groups in total. The van der Waals surface area contributed by atoms with Crippen molar-refractivity contribution in [3.63, 3.8) is 0 Å². The molecule has 4 rings (SSSR count). The van der Waals surface area contributed by atoms with Crippen molar-refractivity contribution in [3.8, 4) is 0 Å². The second-order valence-electron chi connectivity index (χ2n) is 12.9. The average Bonchev–Trinajstić information content (AvgIpc) is 3.13. The van der Waals surface area contributed by atoms with Gasteiger partial charge in [-0.2, -0.15) is 0 Å². The van der Waals surface area contributed by atoms with E-state index in [2.05, 4.69) is 51.3 Å². The lowest BCUT2D eigenvalue weighted by Gasteiger charge is -2.61. The molecule has 0 bridgehead atoms. The lowest BCUT2D eigenvalue weighted by molar-refractivity contribution is -0.160. The lowest BCUT2D eigenvalue weighted by atomic mass is 9.47. The van der Waals surface area contributed by atoms with Gasteiger partial charge in [0.2, 0.25) is 11.8 Å². The minimum absolute atomic E-state index is 0.0526. The molecule has 3 saturated carbocycles. The van der Waals surface area contributed by atoms with Crippen LogP contribution in [0.4, 0.5) is 0 Å². The number of hydrogen-bond donors (Lipinski definition) is 0. The molecule has 0 radical (unpaired) electrons. The third-order valence-corrected chi connectivity index (χ3v) is 11.4. The van der Waals surface area contributed by atoms with E-state index in [0.29, 0.717) is 41.2 Å². The zero-order chi connectivity index (χ0) is 25.2. The zero-order valence-electron chi connectivity index (χ0n) is 22.8. The highest BCUT2D eigenvalue weighted by molar-refractivity contribution is 7.80. The normalized spacial score (nSPS) is 39.5. The van der Waals surface area contributed by atoms with E-state index in [1.165, 1.54) is 12.8 Å². The van der Waals surface area contributed by atoms with Crippen molar-refractivity contribution in [2.75, 3.05) is 14.1 Å². The smallest absolute Gasteiger partial charge is 0.232 e. The molecule has 2 amide bonds. The van der Waals surface area contributed by atoms with Crippen LogP contribution in [0.2, 0.25) is 0 Å². The van der Waals surface area contributed by atoms with Crippen LogP contribution in [0.5, 0.6) is 0 Å². The summed E-state index contributed by atoms with van der Waals surface area (Å²) < 4.78 is 0. The van der Waals surface area contributed by atoms with Crippen molar-refractivity contribution in [1.29, 1.82) is 0 Å². The van der Waals surface area contributed by atoms with Gasteiger partial charge in [-0.1, -0.05) is 13.8 Å². The summed E-state index contributed by atoms with van der Waals surface area (Å²) in [5.74, 6) is 2.58. The molecule has 4 aliphatic rings. The molecular formula is C28H47N3O2S. The molecule has 1 saturated heterocycles. The maximum atomic E-state index is 14.1. The quantitative estimate of drug-likeness (QED) is 0.503. The highest BCUT2D eigenvalue weighted by atomic mass is 32.1. The second kappa shape index (κ2) is 9.05. The van der Waals surface area contributed by atoms with Crippen molar-refractivity contribution in [1.82, 2.24) is 14.7 Å². The number of rotatable bonds is 3. The van der Waals surface area contributed by atoms with Crippen LogP contribution in [0.1, 0.15) is 92.9 Å². The number of carbonyl (C=O) groups excluding carboxylic acids is 2. The molecular weight excluding hydrogens is 442 g/mol. The van der Waals surface area contributed by atoms with Gasteiger partial charge < -0.3 is 9.80 Å². The Bertz CT molecular complexity index is 844. The first-order valence-corrected chi connectivity index (χ1v) is 14.1. The molecule has 0 aromatic heterocycles. The first-order chi connectivity index (χ1) is 15.8. The van der Waals surface area contributed by atoms with Crippen LogP contribution in [0, 0.1) is 34.5 Å². The van der Waals surface area contributed by atoms with Gasteiger partial charge in [0, 0.05) is 44.6 Å². The summed E-state index contributed by atoms with van der Waals surface area (Å²) in [4.78, 5) is 32.6. The number of carbonyl (C=O) groups is 2. The Morgan fingerprint density at radius 1 is 0.971 bits per heavy atom. The molecule has 0 aromatic rings. The first kappa shape index (κ1) is 25.9. The van der Waals surface area contributed by atoms with Crippen molar-refractivity contribution in [2.45, 2.75) is 111 Å². The molecule has 5 nitrogen and oxygen atoms in total. The van der Waals surface area contributed by atoms with E-state index >= 15 is 0 Å². The fraction of sp³-hybridized carbons (Fsp3) is 0.893. The molecule has 0 unspecified atom stereocenters. The van der Waals surface area contributed by atoms with Gasteiger partial charge in [0.1, 0.15) is 0 Å². The molecule has 6 heteroatoms. The maximum Gasteiger partial charge on any atom is 0.232 e. The van der Waals surface area contributed by atoms with E-state index < -0.39 is 0 Å². The Labute approximate surface area is 213 Å². The van der Waals surface area contributed by atoms with Gasteiger partial charge in [0.15, 0.2) is 5.11 Å². The van der Waals surface area contributed by atoms with E-state index in [9.17, 15) is 9.59 Å². The number of thiocarbonyl (C=S) groups is 1. The molecule has 1 aliphatic heterocycles. The summed E-state index contributed by atoms with van der Waals surface area (Å²) in [6, 6.07) is 0.712. The van der Waals surface area contributed by atoms with Gasteiger partial charge in [0.05, 0.1) is 0 Å². The molecule has 7 atom stereocenters. The molecule has 3 aliphatic carbocycles. The number of likely N-dealkylation sites (tertiary alicyclic amines) is 1. The van der Waals surface area contributed by atoms with Crippen molar-refractivity contribution in [3.05, 3.63) is 0 Å². The topological polar surface area (TPSA) is 43.9 Å². The number of hydrogen-bond acceptors (Lipinski definition) is 3. The molecule has 0 spiro atoms. The molecule has 0 aromatic carbocycles. The van der Waals surface area contributed by atoms with Crippen LogP contribution in [0.25, 0.3) is 0 Å². The highest BCUT2D eigenvalue weighted by Gasteiger charge is 2.62. The predicted molar refractivity (Wildman–Crippen MR) is 141 cm³/mol. The highest BCUT2D eigenvalue weighted by Crippen LogP contribution is 2.66. The average molecular weight is 490 g/mol. The predicted octanol–water partition coefficient (Wildman–Crippen LogP) is 5.33. The summed E-state index contributed by atoms with van der Waals surface area (Å²) >= 11 is 5.84. The summed E-state index contributed by atoms with van der Waals surface area (Å²) in [5, 5.41) is 0.665. The monoisotopic (exact) mass is 489 g/mol. The minimum atomic E-state index is 0.0526. The number of nitrogens with zero attached hydrogens (tertiary/aromatic N) is 3. The standard InChI is InChI=1S/C28H47N3O2S/c1-17(2)29(7)26(34)31(18(3)4)25(33)22-11-10-20-19-9-12-23-28(6,16-14-24(32)30(23)8)21(19)13-15-27(20,22)5/h17-23H,9-16H2,1-8H3/t19-,20-,21-,22+,23+,27-,28+/m0/s1. The minimum Gasteiger partial charge on any atom is -0.349 e. The van der Waals surface area contributed by atoms with Crippen LogP contribution in [-0.4, -0.2) is 63.8 Å². The Morgan fingerprint density at radius 3 is 2.24 bits per heavy atom. The van der Waals surface area contributed by atoms with Gasteiger partial charge >= 0.3 is 0 Å². The van der Waals surface area contributed by atoms with Crippen molar-refractivity contribution < 1.29 is 9.59 Å². The van der Waals surface area contributed by atoms with Crippen LogP contribution in [-0.2, 0) is 9.59 Å².